The first kappa shape index (κ1) is 14.7. The molecule has 0 aliphatic carbocycles. The summed E-state index contributed by atoms with van der Waals surface area (Å²) in [5.74, 6) is -4.08. The van der Waals surface area contributed by atoms with Gasteiger partial charge in [-0.3, -0.25) is 5.43 Å². The van der Waals surface area contributed by atoms with Crippen LogP contribution in [0.15, 0.2) is 29.5 Å². The van der Waals surface area contributed by atoms with Crippen molar-refractivity contribution in [1.82, 2.24) is 4.98 Å². The number of hydrogen-bond acceptors (Lipinski definition) is 3. The van der Waals surface area contributed by atoms with Crippen molar-refractivity contribution < 1.29 is 17.6 Å². The molecule has 0 fully saturated rings. The quantitative estimate of drug-likeness (QED) is 0.283. The molecule has 8 heteroatoms. The van der Waals surface area contributed by atoms with Crippen molar-refractivity contribution in [1.29, 1.82) is 0 Å². The molecule has 20 heavy (non-hydrogen) atoms. The van der Waals surface area contributed by atoms with Crippen LogP contribution in [0.5, 0.6) is 0 Å². The predicted octanol–water partition coefficient (Wildman–Crippen LogP) is 3.69. The molecule has 104 valence electrons. The minimum absolute atomic E-state index is 0.0727. The molecule has 0 aliphatic rings. The van der Waals surface area contributed by atoms with E-state index in [0.717, 1.165) is 6.21 Å². The SMILES string of the molecule is Fc1cc(F)c(NN=Cc2c(I)ccnc2F)c(F)c1. The molecule has 0 unspecified atom stereocenters. The van der Waals surface area contributed by atoms with Gasteiger partial charge in [-0.1, -0.05) is 0 Å². The number of pyridine rings is 1. The minimum atomic E-state index is -1.14. The highest BCUT2D eigenvalue weighted by Crippen LogP contribution is 2.20. The lowest BCUT2D eigenvalue weighted by atomic mass is 10.3. The summed E-state index contributed by atoms with van der Waals surface area (Å²) in [6.07, 6.45) is 2.31. The molecule has 1 aromatic carbocycles. The van der Waals surface area contributed by atoms with Crippen LogP contribution in [0, 0.1) is 27.0 Å². The Hall–Kier alpha value is -1.71. The van der Waals surface area contributed by atoms with E-state index in [-0.39, 0.29) is 5.56 Å². The topological polar surface area (TPSA) is 37.3 Å². The molecule has 0 radical (unpaired) electrons. The molecular formula is C12H6F4IN3. The Bertz CT molecular complexity index is 632. The van der Waals surface area contributed by atoms with Crippen LogP contribution >= 0.6 is 22.6 Å². The molecule has 0 atom stereocenters. The molecule has 0 bridgehead atoms. The maximum absolute atomic E-state index is 13.4. The van der Waals surface area contributed by atoms with Crippen LogP contribution in [-0.2, 0) is 0 Å². The van der Waals surface area contributed by atoms with Crippen molar-refractivity contribution in [3.05, 3.63) is 56.9 Å². The monoisotopic (exact) mass is 395 g/mol. The zero-order chi connectivity index (χ0) is 14.7. The van der Waals surface area contributed by atoms with Gasteiger partial charge in [0.2, 0.25) is 5.95 Å². The lowest BCUT2D eigenvalue weighted by Gasteiger charge is -2.04. The number of benzene rings is 1. The zero-order valence-corrected chi connectivity index (χ0v) is 11.8. The van der Waals surface area contributed by atoms with Gasteiger partial charge in [0, 0.05) is 21.9 Å². The average molecular weight is 395 g/mol. The zero-order valence-electron chi connectivity index (χ0n) is 9.67. The number of nitrogens with zero attached hydrogens (tertiary/aromatic N) is 2. The van der Waals surface area contributed by atoms with Crippen LogP contribution in [0.3, 0.4) is 0 Å². The Morgan fingerprint density at radius 3 is 2.40 bits per heavy atom. The third kappa shape index (κ3) is 3.24. The fourth-order valence-corrected chi connectivity index (χ4v) is 1.87. The summed E-state index contributed by atoms with van der Waals surface area (Å²) in [5.41, 5.74) is 1.52. The highest BCUT2D eigenvalue weighted by atomic mass is 127. The lowest BCUT2D eigenvalue weighted by Crippen LogP contribution is -2.01. The van der Waals surface area contributed by atoms with Crippen LogP contribution in [0.2, 0.25) is 0 Å². The van der Waals surface area contributed by atoms with Crippen molar-refractivity contribution in [2.24, 2.45) is 5.10 Å². The van der Waals surface area contributed by atoms with Crippen LogP contribution < -0.4 is 5.43 Å². The van der Waals surface area contributed by atoms with E-state index in [2.05, 4.69) is 15.5 Å². The summed E-state index contributed by atoms with van der Waals surface area (Å²) in [6.45, 7) is 0. The Labute approximate surface area is 124 Å². The molecule has 0 aliphatic heterocycles. The summed E-state index contributed by atoms with van der Waals surface area (Å²) in [5, 5.41) is 3.52. The van der Waals surface area contributed by atoms with Gasteiger partial charge in [-0.25, -0.2) is 18.2 Å². The highest BCUT2D eigenvalue weighted by molar-refractivity contribution is 14.1. The van der Waals surface area contributed by atoms with E-state index in [1.165, 1.54) is 6.20 Å². The normalized spacial score (nSPS) is 11.1. The van der Waals surface area contributed by atoms with E-state index in [0.29, 0.717) is 15.7 Å². The number of rotatable bonds is 3. The Balaban J connectivity index is 2.23. The molecule has 0 saturated heterocycles. The predicted molar refractivity (Wildman–Crippen MR) is 74.4 cm³/mol. The van der Waals surface area contributed by atoms with Crippen molar-refractivity contribution in [2.45, 2.75) is 0 Å². The standard InChI is InChI=1S/C12H6F4IN3/c13-6-3-8(14)11(9(15)4-6)20-19-5-7-10(17)1-2-18-12(7)16/h1-5,20H. The average Bonchev–Trinajstić information content (AvgIpc) is 2.35. The van der Waals surface area contributed by atoms with E-state index in [9.17, 15) is 17.6 Å². The molecule has 0 saturated carbocycles. The second-order valence-electron chi connectivity index (χ2n) is 3.61. The first-order valence-electron chi connectivity index (χ1n) is 5.22. The van der Waals surface area contributed by atoms with Crippen LogP contribution in [-0.4, -0.2) is 11.2 Å². The molecular weight excluding hydrogens is 389 g/mol. The van der Waals surface area contributed by atoms with Gasteiger partial charge in [-0.15, -0.1) is 0 Å². The fraction of sp³-hybridized carbons (Fsp3) is 0. The number of aromatic nitrogens is 1. The highest BCUT2D eigenvalue weighted by Gasteiger charge is 2.11. The number of halogens is 5. The molecule has 1 heterocycles. The first-order chi connectivity index (χ1) is 9.49. The van der Waals surface area contributed by atoms with E-state index in [4.69, 9.17) is 0 Å². The molecule has 2 rings (SSSR count). The smallest absolute Gasteiger partial charge is 0.222 e. The minimum Gasteiger partial charge on any atom is -0.273 e. The number of nitrogens with one attached hydrogen (secondary N) is 1. The Kier molecular flexibility index (Phi) is 4.53. The summed E-state index contributed by atoms with van der Waals surface area (Å²) in [4.78, 5) is 3.42. The number of hydrogen-bond donors (Lipinski definition) is 1. The van der Waals surface area contributed by atoms with Gasteiger partial charge in [0.15, 0.2) is 11.6 Å². The molecule has 1 N–H and O–H groups in total. The van der Waals surface area contributed by atoms with Gasteiger partial charge >= 0.3 is 0 Å². The maximum Gasteiger partial charge on any atom is 0.222 e. The van der Waals surface area contributed by atoms with Gasteiger partial charge in [0.05, 0.1) is 11.8 Å². The Morgan fingerprint density at radius 2 is 1.80 bits per heavy atom. The molecule has 1 aromatic heterocycles. The number of anilines is 1. The lowest BCUT2D eigenvalue weighted by molar-refractivity contribution is 0.547. The van der Waals surface area contributed by atoms with E-state index in [1.54, 1.807) is 6.07 Å². The van der Waals surface area contributed by atoms with Crippen molar-refractivity contribution in [3.8, 4) is 0 Å². The van der Waals surface area contributed by atoms with Gasteiger partial charge < -0.3 is 0 Å². The number of hydrazone groups is 1. The molecule has 2 aromatic rings. The van der Waals surface area contributed by atoms with Crippen LogP contribution in [0.4, 0.5) is 23.2 Å². The third-order valence-corrected chi connectivity index (χ3v) is 3.21. The fourth-order valence-electron chi connectivity index (χ4n) is 1.35. The van der Waals surface area contributed by atoms with Gasteiger partial charge in [-0.2, -0.15) is 9.49 Å². The van der Waals surface area contributed by atoms with Gasteiger partial charge in [-0.05, 0) is 28.7 Å². The molecule has 3 nitrogen and oxygen atoms in total. The largest absolute Gasteiger partial charge is 0.273 e. The summed E-state index contributed by atoms with van der Waals surface area (Å²) < 4.78 is 53.2. The first-order valence-corrected chi connectivity index (χ1v) is 6.30. The van der Waals surface area contributed by atoms with Gasteiger partial charge in [0.1, 0.15) is 11.5 Å². The maximum atomic E-state index is 13.4. The van der Waals surface area contributed by atoms with Gasteiger partial charge in [0.25, 0.3) is 0 Å². The molecule has 0 amide bonds. The third-order valence-electron chi connectivity index (χ3n) is 2.27. The van der Waals surface area contributed by atoms with E-state index < -0.39 is 29.1 Å². The van der Waals surface area contributed by atoms with E-state index >= 15 is 0 Å². The van der Waals surface area contributed by atoms with Crippen molar-refractivity contribution in [3.63, 3.8) is 0 Å². The van der Waals surface area contributed by atoms with Crippen LogP contribution in [0.25, 0.3) is 0 Å². The second kappa shape index (κ2) is 6.16. The van der Waals surface area contributed by atoms with Crippen molar-refractivity contribution in [2.75, 3.05) is 5.43 Å². The van der Waals surface area contributed by atoms with E-state index in [1.807, 2.05) is 22.6 Å². The molecule has 0 spiro atoms. The van der Waals surface area contributed by atoms with Crippen LogP contribution in [0.1, 0.15) is 5.56 Å². The second-order valence-corrected chi connectivity index (χ2v) is 4.77. The Morgan fingerprint density at radius 1 is 1.15 bits per heavy atom. The summed E-state index contributed by atoms with van der Waals surface area (Å²) >= 11 is 1.86. The summed E-state index contributed by atoms with van der Waals surface area (Å²) in [6, 6.07) is 2.56. The van der Waals surface area contributed by atoms with Crippen molar-refractivity contribution >= 4 is 34.5 Å². The summed E-state index contributed by atoms with van der Waals surface area (Å²) in [7, 11) is 0.